The predicted octanol–water partition coefficient (Wildman–Crippen LogP) is 3.25. The van der Waals surface area contributed by atoms with Crippen LogP contribution in [0.3, 0.4) is 0 Å². The van der Waals surface area contributed by atoms with Crippen LogP contribution in [-0.2, 0) is 0 Å². The summed E-state index contributed by atoms with van der Waals surface area (Å²) in [6, 6.07) is 0. The lowest BCUT2D eigenvalue weighted by Gasteiger charge is -2.40. The van der Waals surface area contributed by atoms with Gasteiger partial charge in [-0.3, -0.25) is 0 Å². The van der Waals surface area contributed by atoms with Gasteiger partial charge in [-0.1, -0.05) is 19.1 Å². The molecule has 1 unspecified atom stereocenters. The Labute approximate surface area is 114 Å². The Morgan fingerprint density at radius 3 is 2.83 bits per heavy atom. The van der Waals surface area contributed by atoms with Gasteiger partial charge in [-0.05, 0) is 78.2 Å². The van der Waals surface area contributed by atoms with E-state index in [1.165, 1.54) is 51.9 Å². The molecular weight excluding hydrogens is 220 g/mol. The predicted molar refractivity (Wildman–Crippen MR) is 80.9 cm³/mol. The molecule has 0 saturated carbocycles. The van der Waals surface area contributed by atoms with Crippen molar-refractivity contribution in [2.75, 3.05) is 40.3 Å². The lowest BCUT2D eigenvalue weighted by Crippen LogP contribution is -2.42. The standard InChI is InChI=1S/C15H28N2.CH4/c1-13-5-6-15-12-17(9-4-8-16(2)3)10-7-14(15)11-13;/h5,14-15H,4,6-12H2,1-3H3;1H4/t14?,15-;/m0./s1. The minimum absolute atomic E-state index is 0. The highest BCUT2D eigenvalue weighted by Gasteiger charge is 2.30. The van der Waals surface area contributed by atoms with Gasteiger partial charge in [0.05, 0.1) is 0 Å². The van der Waals surface area contributed by atoms with Crippen LogP contribution in [0.4, 0.5) is 0 Å². The number of piperidine rings is 1. The number of nitrogens with zero attached hydrogens (tertiary/aromatic N) is 2. The van der Waals surface area contributed by atoms with Crippen molar-refractivity contribution < 1.29 is 0 Å². The van der Waals surface area contributed by atoms with Gasteiger partial charge in [-0.15, -0.1) is 0 Å². The molecule has 0 bridgehead atoms. The fourth-order valence-electron chi connectivity index (χ4n) is 3.35. The van der Waals surface area contributed by atoms with Crippen molar-refractivity contribution in [3.8, 4) is 0 Å². The van der Waals surface area contributed by atoms with Gasteiger partial charge in [0.1, 0.15) is 0 Å². The SMILES string of the molecule is C.CC1=CC[C@H]2CN(CCCN(C)C)CCC2C1. The third kappa shape index (κ3) is 4.40. The molecular formula is C16H32N2. The molecule has 18 heavy (non-hydrogen) atoms. The molecule has 0 spiro atoms. The smallest absolute Gasteiger partial charge is 0.00154 e. The van der Waals surface area contributed by atoms with Crippen LogP contribution >= 0.6 is 0 Å². The summed E-state index contributed by atoms with van der Waals surface area (Å²) in [5.41, 5.74) is 1.63. The summed E-state index contributed by atoms with van der Waals surface area (Å²) in [5.74, 6) is 1.94. The summed E-state index contributed by atoms with van der Waals surface area (Å²) in [6.45, 7) is 7.51. The Morgan fingerprint density at radius 2 is 2.11 bits per heavy atom. The number of hydrogen-bond acceptors (Lipinski definition) is 2. The number of likely N-dealkylation sites (tertiary alicyclic amines) is 1. The maximum absolute atomic E-state index is 2.69. The average Bonchev–Trinajstić information content (AvgIpc) is 2.29. The molecule has 0 aromatic heterocycles. The molecule has 0 aromatic rings. The molecule has 0 aromatic carbocycles. The first-order chi connectivity index (χ1) is 8.15. The third-order valence-electron chi connectivity index (χ3n) is 4.41. The first-order valence-corrected chi connectivity index (χ1v) is 7.18. The number of allylic oxidation sites excluding steroid dienone is 2. The highest BCUT2D eigenvalue weighted by atomic mass is 15.1. The molecule has 2 rings (SSSR count). The number of hydrogen-bond donors (Lipinski definition) is 0. The monoisotopic (exact) mass is 252 g/mol. The number of rotatable bonds is 4. The highest BCUT2D eigenvalue weighted by Crippen LogP contribution is 2.35. The van der Waals surface area contributed by atoms with Gasteiger partial charge in [0.15, 0.2) is 0 Å². The van der Waals surface area contributed by atoms with Gasteiger partial charge in [-0.2, -0.15) is 0 Å². The second-order valence-electron chi connectivity index (χ2n) is 6.26. The molecule has 1 saturated heterocycles. The van der Waals surface area contributed by atoms with Gasteiger partial charge in [0.2, 0.25) is 0 Å². The maximum Gasteiger partial charge on any atom is 0.00154 e. The van der Waals surface area contributed by atoms with E-state index in [9.17, 15) is 0 Å². The van der Waals surface area contributed by atoms with Crippen LogP contribution in [0.2, 0.25) is 0 Å². The van der Waals surface area contributed by atoms with Gasteiger partial charge >= 0.3 is 0 Å². The molecule has 1 fully saturated rings. The van der Waals surface area contributed by atoms with E-state index in [1.54, 1.807) is 5.57 Å². The molecule has 1 aliphatic carbocycles. The number of fused-ring (bicyclic) bond motifs is 1. The second-order valence-corrected chi connectivity index (χ2v) is 6.26. The lowest BCUT2D eigenvalue weighted by atomic mass is 9.76. The zero-order valence-electron chi connectivity index (χ0n) is 11.8. The summed E-state index contributed by atoms with van der Waals surface area (Å²) >= 11 is 0. The minimum Gasteiger partial charge on any atom is -0.309 e. The van der Waals surface area contributed by atoms with E-state index in [2.05, 4.69) is 36.9 Å². The van der Waals surface area contributed by atoms with Crippen molar-refractivity contribution in [1.29, 1.82) is 0 Å². The summed E-state index contributed by atoms with van der Waals surface area (Å²) in [5, 5.41) is 0. The molecule has 2 heteroatoms. The lowest BCUT2D eigenvalue weighted by molar-refractivity contribution is 0.111. The Kier molecular flexibility index (Phi) is 6.37. The second kappa shape index (κ2) is 7.30. The van der Waals surface area contributed by atoms with Crippen LogP contribution in [-0.4, -0.2) is 50.1 Å². The van der Waals surface area contributed by atoms with Gasteiger partial charge in [0.25, 0.3) is 0 Å². The van der Waals surface area contributed by atoms with E-state index in [1.807, 2.05) is 0 Å². The van der Waals surface area contributed by atoms with Crippen molar-refractivity contribution in [2.24, 2.45) is 11.8 Å². The highest BCUT2D eigenvalue weighted by molar-refractivity contribution is 5.07. The first kappa shape index (κ1) is 15.7. The van der Waals surface area contributed by atoms with E-state index < -0.39 is 0 Å². The Balaban J connectivity index is 0.00000162. The zero-order chi connectivity index (χ0) is 12.3. The van der Waals surface area contributed by atoms with Crippen LogP contribution in [0.5, 0.6) is 0 Å². The summed E-state index contributed by atoms with van der Waals surface area (Å²) < 4.78 is 0. The van der Waals surface area contributed by atoms with Crippen molar-refractivity contribution in [3.63, 3.8) is 0 Å². The zero-order valence-corrected chi connectivity index (χ0v) is 11.8. The largest absolute Gasteiger partial charge is 0.309 e. The molecule has 2 aliphatic rings. The minimum atomic E-state index is 0. The fourth-order valence-corrected chi connectivity index (χ4v) is 3.35. The van der Waals surface area contributed by atoms with E-state index in [-0.39, 0.29) is 7.43 Å². The molecule has 2 atom stereocenters. The van der Waals surface area contributed by atoms with Crippen molar-refractivity contribution in [3.05, 3.63) is 11.6 Å². The third-order valence-corrected chi connectivity index (χ3v) is 4.41. The Morgan fingerprint density at radius 1 is 1.33 bits per heavy atom. The van der Waals surface area contributed by atoms with Crippen molar-refractivity contribution >= 4 is 0 Å². The average molecular weight is 252 g/mol. The topological polar surface area (TPSA) is 6.48 Å². The Hall–Kier alpha value is -0.340. The molecule has 2 nitrogen and oxygen atoms in total. The van der Waals surface area contributed by atoms with E-state index >= 15 is 0 Å². The van der Waals surface area contributed by atoms with E-state index in [4.69, 9.17) is 0 Å². The quantitative estimate of drug-likeness (QED) is 0.709. The van der Waals surface area contributed by atoms with Crippen LogP contribution in [0.25, 0.3) is 0 Å². The van der Waals surface area contributed by atoms with Crippen LogP contribution < -0.4 is 0 Å². The maximum atomic E-state index is 2.69. The molecule has 1 aliphatic heterocycles. The van der Waals surface area contributed by atoms with Crippen molar-refractivity contribution in [2.45, 2.75) is 40.0 Å². The molecule has 0 amide bonds. The van der Waals surface area contributed by atoms with Gasteiger partial charge in [-0.25, -0.2) is 0 Å². The Bertz CT molecular complexity index is 270. The van der Waals surface area contributed by atoms with Gasteiger partial charge < -0.3 is 9.80 Å². The molecule has 0 N–H and O–H groups in total. The molecule has 106 valence electrons. The van der Waals surface area contributed by atoms with E-state index in [0.717, 1.165) is 11.8 Å². The summed E-state index contributed by atoms with van der Waals surface area (Å²) in [4.78, 5) is 4.98. The van der Waals surface area contributed by atoms with E-state index in [0.29, 0.717) is 0 Å². The summed E-state index contributed by atoms with van der Waals surface area (Å²) in [6.07, 6.45) is 7.93. The van der Waals surface area contributed by atoms with Crippen LogP contribution in [0, 0.1) is 11.8 Å². The molecule has 1 heterocycles. The van der Waals surface area contributed by atoms with Crippen LogP contribution in [0.1, 0.15) is 40.0 Å². The van der Waals surface area contributed by atoms with Gasteiger partial charge in [0, 0.05) is 6.54 Å². The normalized spacial score (nSPS) is 28.6. The molecule has 0 radical (unpaired) electrons. The fraction of sp³-hybridized carbons (Fsp3) is 0.875. The first-order valence-electron chi connectivity index (χ1n) is 7.18. The van der Waals surface area contributed by atoms with Crippen molar-refractivity contribution in [1.82, 2.24) is 9.80 Å². The summed E-state index contributed by atoms with van der Waals surface area (Å²) in [7, 11) is 4.34. The van der Waals surface area contributed by atoms with Crippen LogP contribution in [0.15, 0.2) is 11.6 Å².